The fraction of sp³-hybridized carbons (Fsp3) is 0.619. The summed E-state index contributed by atoms with van der Waals surface area (Å²) >= 11 is 1.40. The van der Waals surface area contributed by atoms with Gasteiger partial charge in [-0.1, -0.05) is 18.2 Å². The monoisotopic (exact) mass is 450 g/mol. The van der Waals surface area contributed by atoms with Crippen molar-refractivity contribution in [2.24, 2.45) is 22.9 Å². The molecule has 0 spiro atoms. The lowest BCUT2D eigenvalue weighted by molar-refractivity contribution is -0.121. The van der Waals surface area contributed by atoms with Crippen molar-refractivity contribution in [1.82, 2.24) is 14.9 Å². The van der Waals surface area contributed by atoms with Crippen LogP contribution < -0.4 is 10.5 Å². The molecule has 0 aliphatic heterocycles. The molecule has 9 heteroatoms. The van der Waals surface area contributed by atoms with Crippen LogP contribution in [0.4, 0.5) is 0 Å². The lowest BCUT2D eigenvalue weighted by Gasteiger charge is -2.29. The van der Waals surface area contributed by atoms with Crippen molar-refractivity contribution in [3.63, 3.8) is 0 Å². The topological polar surface area (TPSA) is 107 Å². The van der Waals surface area contributed by atoms with E-state index in [0.29, 0.717) is 23.1 Å². The third-order valence-corrected chi connectivity index (χ3v) is 8.79. The van der Waals surface area contributed by atoms with Gasteiger partial charge in [-0.25, -0.2) is 18.5 Å². The highest BCUT2D eigenvalue weighted by Crippen LogP contribution is 2.49. The first-order valence-electron chi connectivity index (χ1n) is 10.7. The number of sulfonamides is 1. The van der Waals surface area contributed by atoms with Crippen LogP contribution in [0.1, 0.15) is 46.5 Å². The number of primary sulfonamides is 1. The van der Waals surface area contributed by atoms with Crippen molar-refractivity contribution >= 4 is 38.7 Å². The van der Waals surface area contributed by atoms with Gasteiger partial charge < -0.3 is 9.88 Å². The molecule has 4 rings (SSSR count). The Hall–Kier alpha value is -1.58. The third kappa shape index (κ3) is 4.11. The van der Waals surface area contributed by atoms with Crippen LogP contribution in [0.15, 0.2) is 28.3 Å². The third-order valence-electron chi connectivity index (χ3n) is 6.79. The van der Waals surface area contributed by atoms with Crippen LogP contribution in [0, 0.1) is 17.8 Å². The predicted octanol–water partition coefficient (Wildman–Crippen LogP) is 3.13. The maximum absolute atomic E-state index is 12.9. The lowest BCUT2D eigenvalue weighted by Crippen LogP contribution is -2.43. The van der Waals surface area contributed by atoms with E-state index in [4.69, 9.17) is 5.14 Å². The Morgan fingerprint density at radius 3 is 2.70 bits per heavy atom. The number of aromatic nitrogens is 2. The van der Waals surface area contributed by atoms with Crippen LogP contribution in [0.25, 0.3) is 11.0 Å². The van der Waals surface area contributed by atoms with Crippen molar-refractivity contribution < 1.29 is 13.2 Å². The van der Waals surface area contributed by atoms with E-state index >= 15 is 0 Å². The normalized spacial score (nSPS) is 25.5. The average molecular weight is 451 g/mol. The molecule has 7 nitrogen and oxygen atoms in total. The second kappa shape index (κ2) is 8.16. The number of imidazole rings is 1. The minimum absolute atomic E-state index is 0.0233. The summed E-state index contributed by atoms with van der Waals surface area (Å²) < 4.78 is 25.3. The van der Waals surface area contributed by atoms with E-state index in [1.807, 2.05) is 18.4 Å². The van der Waals surface area contributed by atoms with Gasteiger partial charge in [0.2, 0.25) is 15.9 Å². The SMILES string of the molecule is CCn1c(S[C@H](C)C(=O)N[C@H](C)[C@H]2C[C@H]3CC[C@H]2C3)nc2cc(S(N)(=O)=O)ccc21. The van der Waals surface area contributed by atoms with E-state index in [-0.39, 0.29) is 22.1 Å². The first-order valence-corrected chi connectivity index (χ1v) is 13.1. The maximum Gasteiger partial charge on any atom is 0.238 e. The van der Waals surface area contributed by atoms with Gasteiger partial charge in [0.15, 0.2) is 5.16 Å². The second-order valence-corrected chi connectivity index (χ2v) is 11.6. The van der Waals surface area contributed by atoms with Gasteiger partial charge in [0.1, 0.15) is 0 Å². The Kier molecular flexibility index (Phi) is 5.89. The summed E-state index contributed by atoms with van der Waals surface area (Å²) in [6.45, 7) is 6.70. The lowest BCUT2D eigenvalue weighted by atomic mass is 9.84. The van der Waals surface area contributed by atoms with E-state index in [1.54, 1.807) is 6.07 Å². The summed E-state index contributed by atoms with van der Waals surface area (Å²) in [5.41, 5.74) is 1.39. The number of fused-ring (bicyclic) bond motifs is 3. The number of nitrogens with zero attached hydrogens (tertiary/aromatic N) is 2. The van der Waals surface area contributed by atoms with Crippen molar-refractivity contribution in [3.8, 4) is 0 Å². The Labute approximate surface area is 182 Å². The molecule has 1 aromatic heterocycles. The molecule has 1 amide bonds. The average Bonchev–Trinajstić information content (AvgIpc) is 3.40. The van der Waals surface area contributed by atoms with Crippen LogP contribution >= 0.6 is 11.8 Å². The first-order chi connectivity index (χ1) is 14.2. The van der Waals surface area contributed by atoms with Gasteiger partial charge in [-0.15, -0.1) is 0 Å². The van der Waals surface area contributed by atoms with E-state index in [2.05, 4.69) is 17.2 Å². The van der Waals surface area contributed by atoms with Gasteiger partial charge in [0.25, 0.3) is 0 Å². The van der Waals surface area contributed by atoms with Gasteiger partial charge in [-0.3, -0.25) is 4.79 Å². The zero-order valence-corrected chi connectivity index (χ0v) is 19.3. The van der Waals surface area contributed by atoms with Gasteiger partial charge in [-0.05, 0) is 76.0 Å². The highest BCUT2D eigenvalue weighted by Gasteiger charge is 2.42. The van der Waals surface area contributed by atoms with Crippen LogP contribution in [0.2, 0.25) is 0 Å². The molecule has 2 saturated carbocycles. The fourth-order valence-corrected chi connectivity index (χ4v) is 6.76. The number of aryl methyl sites for hydroxylation is 1. The number of benzene rings is 1. The van der Waals surface area contributed by atoms with Crippen molar-refractivity contribution in [1.29, 1.82) is 0 Å². The molecule has 1 heterocycles. The van der Waals surface area contributed by atoms with Crippen molar-refractivity contribution in [2.45, 2.75) is 74.3 Å². The summed E-state index contributed by atoms with van der Waals surface area (Å²) in [5.74, 6) is 2.25. The molecule has 0 radical (unpaired) electrons. The maximum atomic E-state index is 12.9. The zero-order chi connectivity index (χ0) is 21.6. The second-order valence-electron chi connectivity index (χ2n) is 8.73. The standard InChI is InChI=1S/C21H30N4O3S2/c1-4-25-19-8-7-16(30(22,27)28)11-18(19)24-21(25)29-13(3)20(26)23-12(2)17-10-14-5-6-15(17)9-14/h7-8,11-15,17H,4-6,9-10H2,1-3H3,(H,23,26)(H2,22,27,28)/t12-,13-,14+,15+,17-/m1/s1. The molecule has 2 aromatic rings. The van der Waals surface area contributed by atoms with Gasteiger partial charge >= 0.3 is 0 Å². The quantitative estimate of drug-likeness (QED) is 0.630. The number of carbonyl (C=O) groups excluding carboxylic acids is 1. The van der Waals surface area contributed by atoms with Crippen molar-refractivity contribution in [3.05, 3.63) is 18.2 Å². The highest BCUT2D eigenvalue weighted by molar-refractivity contribution is 8.00. The van der Waals surface area contributed by atoms with E-state index in [0.717, 1.165) is 17.4 Å². The number of hydrogen-bond acceptors (Lipinski definition) is 5. The van der Waals surface area contributed by atoms with Gasteiger partial charge in [-0.2, -0.15) is 0 Å². The van der Waals surface area contributed by atoms with E-state index in [9.17, 15) is 13.2 Å². The summed E-state index contributed by atoms with van der Waals surface area (Å²) in [6, 6.07) is 4.89. The number of nitrogens with one attached hydrogen (secondary N) is 1. The zero-order valence-electron chi connectivity index (χ0n) is 17.7. The molecule has 5 atom stereocenters. The molecule has 164 valence electrons. The molecule has 0 saturated heterocycles. The van der Waals surface area contributed by atoms with E-state index in [1.165, 1.54) is 49.6 Å². The summed E-state index contributed by atoms with van der Waals surface area (Å²) in [6.07, 6.45) is 5.23. The van der Waals surface area contributed by atoms with Crippen LogP contribution in [-0.4, -0.2) is 35.2 Å². The number of thioether (sulfide) groups is 1. The number of nitrogens with two attached hydrogens (primary N) is 1. The Balaban J connectivity index is 1.47. The number of carbonyl (C=O) groups is 1. The van der Waals surface area contributed by atoms with Crippen LogP contribution in [0.3, 0.4) is 0 Å². The Morgan fingerprint density at radius 1 is 1.33 bits per heavy atom. The van der Waals surface area contributed by atoms with Crippen LogP contribution in [0.5, 0.6) is 0 Å². The Morgan fingerprint density at radius 2 is 2.10 bits per heavy atom. The Bertz CT molecular complexity index is 1070. The number of amides is 1. The first kappa shape index (κ1) is 21.6. The summed E-state index contributed by atoms with van der Waals surface area (Å²) in [5, 5.41) is 8.88. The highest BCUT2D eigenvalue weighted by atomic mass is 32.2. The number of rotatable bonds is 7. The molecular weight excluding hydrogens is 420 g/mol. The molecular formula is C21H30N4O3S2. The summed E-state index contributed by atoms with van der Waals surface area (Å²) in [7, 11) is -3.79. The molecule has 2 bridgehead atoms. The smallest absolute Gasteiger partial charge is 0.238 e. The molecule has 3 N–H and O–H groups in total. The fourth-order valence-electron chi connectivity index (χ4n) is 5.23. The molecule has 2 fully saturated rings. The molecule has 2 aliphatic carbocycles. The van der Waals surface area contributed by atoms with E-state index < -0.39 is 10.0 Å². The van der Waals surface area contributed by atoms with Gasteiger partial charge in [0.05, 0.1) is 21.2 Å². The summed E-state index contributed by atoms with van der Waals surface area (Å²) in [4.78, 5) is 17.5. The van der Waals surface area contributed by atoms with Crippen molar-refractivity contribution in [2.75, 3.05) is 0 Å². The minimum atomic E-state index is -3.79. The predicted molar refractivity (Wildman–Crippen MR) is 119 cm³/mol. The molecule has 0 unspecified atom stereocenters. The van der Waals surface area contributed by atoms with Crippen LogP contribution in [-0.2, 0) is 21.4 Å². The van der Waals surface area contributed by atoms with Gasteiger partial charge in [0, 0.05) is 12.6 Å². The minimum Gasteiger partial charge on any atom is -0.352 e. The molecule has 30 heavy (non-hydrogen) atoms. The number of hydrogen-bond donors (Lipinski definition) is 2. The molecule has 1 aromatic carbocycles. The molecule has 2 aliphatic rings. The largest absolute Gasteiger partial charge is 0.352 e.